The monoisotopic (exact) mass is 175 g/mol. The molecule has 6 nitrogen and oxygen atoms in total. The molecule has 0 atom stereocenters. The number of hydrogen-bond donors (Lipinski definition) is 0. The van der Waals surface area contributed by atoms with E-state index in [0.717, 1.165) is 5.69 Å². The highest BCUT2D eigenvalue weighted by molar-refractivity contribution is 5.27. The molecule has 0 saturated carbocycles. The molecule has 64 valence electrons. The van der Waals surface area contributed by atoms with Crippen molar-refractivity contribution < 1.29 is 0 Å². The predicted molar refractivity (Wildman–Crippen MR) is 44.6 cm³/mol. The molecule has 2 aromatic heterocycles. The lowest BCUT2D eigenvalue weighted by atomic mass is 10.4. The maximum atomic E-state index is 10.0. The van der Waals surface area contributed by atoms with Gasteiger partial charge in [0.1, 0.15) is 6.33 Å². The van der Waals surface area contributed by atoms with Gasteiger partial charge in [-0.25, -0.2) is 4.68 Å². The molecule has 0 bridgehead atoms. The Hall–Kier alpha value is -2.11. The number of nitrogens with zero attached hydrogens (tertiary/aromatic N) is 5. The van der Waals surface area contributed by atoms with Crippen molar-refractivity contribution in [2.24, 2.45) is 5.18 Å². The van der Waals surface area contributed by atoms with Gasteiger partial charge in [0.05, 0.1) is 11.9 Å². The minimum Gasteiger partial charge on any atom is -0.262 e. The summed E-state index contributed by atoms with van der Waals surface area (Å²) in [6.07, 6.45) is 4.68. The molecule has 0 aromatic carbocycles. The summed E-state index contributed by atoms with van der Waals surface area (Å²) in [6.45, 7) is 0. The van der Waals surface area contributed by atoms with E-state index in [4.69, 9.17) is 0 Å². The highest BCUT2D eigenvalue weighted by atomic mass is 16.3. The van der Waals surface area contributed by atoms with Crippen molar-refractivity contribution >= 4 is 5.95 Å². The molecule has 0 aliphatic heterocycles. The summed E-state index contributed by atoms with van der Waals surface area (Å²) in [5, 5.41) is 6.39. The van der Waals surface area contributed by atoms with Crippen LogP contribution in [0, 0.1) is 4.91 Å². The van der Waals surface area contributed by atoms with Gasteiger partial charge in [0.25, 0.3) is 0 Å². The van der Waals surface area contributed by atoms with Gasteiger partial charge in [-0.15, -0.1) is 10.0 Å². The zero-order valence-corrected chi connectivity index (χ0v) is 6.53. The van der Waals surface area contributed by atoms with Crippen molar-refractivity contribution in [3.63, 3.8) is 0 Å². The minimum atomic E-state index is -0.0798. The third-order valence-corrected chi connectivity index (χ3v) is 1.47. The molecular weight excluding hydrogens is 170 g/mol. The second-order valence-corrected chi connectivity index (χ2v) is 2.29. The zero-order valence-electron chi connectivity index (χ0n) is 6.53. The number of aromatic nitrogens is 4. The molecule has 2 rings (SSSR count). The first-order valence-corrected chi connectivity index (χ1v) is 3.55. The Morgan fingerprint density at radius 2 is 2.38 bits per heavy atom. The average Bonchev–Trinajstić information content (AvgIpc) is 2.67. The van der Waals surface area contributed by atoms with E-state index in [1.165, 1.54) is 11.0 Å². The SMILES string of the molecule is O=Nc1ncn(-c2cccnc2)n1. The molecule has 2 aromatic rings. The predicted octanol–water partition coefficient (Wildman–Crippen LogP) is 1.06. The first-order chi connectivity index (χ1) is 6.40. The van der Waals surface area contributed by atoms with Crippen molar-refractivity contribution in [2.45, 2.75) is 0 Å². The Balaban J connectivity index is 2.41. The van der Waals surface area contributed by atoms with Crippen LogP contribution in [0.5, 0.6) is 0 Å². The summed E-state index contributed by atoms with van der Waals surface area (Å²) in [6, 6.07) is 3.57. The van der Waals surface area contributed by atoms with Crippen molar-refractivity contribution in [3.8, 4) is 5.69 Å². The van der Waals surface area contributed by atoms with Crippen LogP contribution in [0.4, 0.5) is 5.95 Å². The van der Waals surface area contributed by atoms with Crippen LogP contribution in [0.15, 0.2) is 36.0 Å². The highest BCUT2D eigenvalue weighted by Gasteiger charge is 2.00. The lowest BCUT2D eigenvalue weighted by Crippen LogP contribution is -1.93. The van der Waals surface area contributed by atoms with E-state index in [1.807, 2.05) is 0 Å². The van der Waals surface area contributed by atoms with E-state index in [-0.39, 0.29) is 5.95 Å². The zero-order chi connectivity index (χ0) is 9.10. The maximum absolute atomic E-state index is 10.0. The third kappa shape index (κ3) is 1.41. The van der Waals surface area contributed by atoms with Crippen LogP contribution >= 0.6 is 0 Å². The second kappa shape index (κ2) is 3.10. The smallest absolute Gasteiger partial charge is 0.262 e. The summed E-state index contributed by atoms with van der Waals surface area (Å²) in [5.41, 5.74) is 0.741. The molecule has 0 unspecified atom stereocenters. The van der Waals surface area contributed by atoms with Crippen LogP contribution in [0.1, 0.15) is 0 Å². The van der Waals surface area contributed by atoms with E-state index in [1.54, 1.807) is 24.5 Å². The Morgan fingerprint density at radius 3 is 3.00 bits per heavy atom. The van der Waals surface area contributed by atoms with Crippen LogP contribution in [0.2, 0.25) is 0 Å². The fourth-order valence-electron chi connectivity index (χ4n) is 0.910. The van der Waals surface area contributed by atoms with Gasteiger partial charge in [-0.3, -0.25) is 4.98 Å². The first-order valence-electron chi connectivity index (χ1n) is 3.55. The molecule has 2 heterocycles. The normalized spacial score (nSPS) is 9.85. The summed E-state index contributed by atoms with van der Waals surface area (Å²) in [4.78, 5) is 17.6. The number of pyridine rings is 1. The fourth-order valence-corrected chi connectivity index (χ4v) is 0.910. The highest BCUT2D eigenvalue weighted by Crippen LogP contribution is 2.06. The van der Waals surface area contributed by atoms with Gasteiger partial charge >= 0.3 is 5.95 Å². The average molecular weight is 175 g/mol. The Kier molecular flexibility index (Phi) is 1.79. The molecular formula is C7H5N5O. The number of nitroso groups, excluding NO2 is 1. The lowest BCUT2D eigenvalue weighted by Gasteiger charge is -1.95. The number of hydrogen-bond acceptors (Lipinski definition) is 5. The third-order valence-electron chi connectivity index (χ3n) is 1.47. The Morgan fingerprint density at radius 1 is 1.46 bits per heavy atom. The Bertz CT molecular complexity index is 410. The van der Waals surface area contributed by atoms with Crippen molar-refractivity contribution in [1.29, 1.82) is 0 Å². The van der Waals surface area contributed by atoms with Crippen LogP contribution in [-0.2, 0) is 0 Å². The second-order valence-electron chi connectivity index (χ2n) is 2.29. The van der Waals surface area contributed by atoms with Crippen molar-refractivity contribution in [1.82, 2.24) is 19.7 Å². The van der Waals surface area contributed by atoms with E-state index >= 15 is 0 Å². The molecule has 0 N–H and O–H groups in total. The van der Waals surface area contributed by atoms with Gasteiger partial charge in [0.15, 0.2) is 0 Å². The van der Waals surface area contributed by atoms with Gasteiger partial charge < -0.3 is 0 Å². The summed E-state index contributed by atoms with van der Waals surface area (Å²) >= 11 is 0. The first kappa shape index (κ1) is 7.53. The standard InChI is InChI=1S/C7H5N5O/c13-11-7-9-5-12(10-7)6-2-1-3-8-4-6/h1-5H. The minimum absolute atomic E-state index is 0.0798. The van der Waals surface area contributed by atoms with E-state index in [0.29, 0.717) is 0 Å². The molecule has 0 aliphatic carbocycles. The molecule has 0 spiro atoms. The van der Waals surface area contributed by atoms with Gasteiger partial charge in [-0.1, -0.05) is 0 Å². The molecule has 0 amide bonds. The number of rotatable bonds is 2. The van der Waals surface area contributed by atoms with Gasteiger partial charge in [-0.2, -0.15) is 4.98 Å². The molecule has 0 aliphatic rings. The lowest BCUT2D eigenvalue weighted by molar-refractivity contribution is 0.872. The largest absolute Gasteiger partial charge is 0.309 e. The quantitative estimate of drug-likeness (QED) is 0.639. The fraction of sp³-hybridized carbons (Fsp3) is 0. The van der Waals surface area contributed by atoms with E-state index < -0.39 is 0 Å². The van der Waals surface area contributed by atoms with Gasteiger partial charge in [0, 0.05) is 11.4 Å². The van der Waals surface area contributed by atoms with Crippen LogP contribution < -0.4 is 0 Å². The molecule has 0 radical (unpaired) electrons. The van der Waals surface area contributed by atoms with Gasteiger partial charge in [0.2, 0.25) is 0 Å². The topological polar surface area (TPSA) is 73.0 Å². The van der Waals surface area contributed by atoms with Crippen LogP contribution in [-0.4, -0.2) is 19.7 Å². The summed E-state index contributed by atoms with van der Waals surface area (Å²) in [7, 11) is 0. The maximum Gasteiger partial charge on any atom is 0.309 e. The van der Waals surface area contributed by atoms with Crippen molar-refractivity contribution in [2.75, 3.05) is 0 Å². The van der Waals surface area contributed by atoms with Crippen molar-refractivity contribution in [3.05, 3.63) is 35.8 Å². The summed E-state index contributed by atoms with van der Waals surface area (Å²) in [5.74, 6) is -0.0798. The molecule has 0 saturated heterocycles. The van der Waals surface area contributed by atoms with Gasteiger partial charge in [-0.05, 0) is 12.1 Å². The van der Waals surface area contributed by atoms with E-state index in [2.05, 4.69) is 20.2 Å². The molecule has 13 heavy (non-hydrogen) atoms. The Labute approximate surface area is 73.2 Å². The molecule has 0 fully saturated rings. The summed E-state index contributed by atoms with van der Waals surface area (Å²) < 4.78 is 1.43. The van der Waals surface area contributed by atoms with Crippen LogP contribution in [0.25, 0.3) is 5.69 Å². The van der Waals surface area contributed by atoms with E-state index in [9.17, 15) is 4.91 Å². The molecule has 6 heteroatoms. The van der Waals surface area contributed by atoms with Crippen LogP contribution in [0.3, 0.4) is 0 Å².